The van der Waals surface area contributed by atoms with Crippen molar-refractivity contribution in [3.05, 3.63) is 82.9 Å². The first-order valence-corrected chi connectivity index (χ1v) is 13.0. The van der Waals surface area contributed by atoms with Gasteiger partial charge in [-0.3, -0.25) is 4.79 Å². The Labute approximate surface area is 217 Å². The van der Waals surface area contributed by atoms with Crippen LogP contribution in [0.4, 0.5) is 11.4 Å². The molecule has 2 aliphatic rings. The number of nitrogens with zero attached hydrogens (tertiary/aromatic N) is 1. The molecule has 0 bridgehead atoms. The molecular weight excluding hydrogens is 463 g/mol. The molecule has 2 heterocycles. The van der Waals surface area contributed by atoms with Crippen LogP contribution < -0.4 is 10.2 Å². The minimum atomic E-state index is -0.669. The molecule has 37 heavy (non-hydrogen) atoms. The average Bonchev–Trinajstić information content (AvgIpc) is 3.57. The Kier molecular flexibility index (Phi) is 6.05. The fourth-order valence-electron chi connectivity index (χ4n) is 5.37. The quantitative estimate of drug-likeness (QED) is 0.321. The number of amides is 1. The fraction of sp³-hybridized carbons (Fsp3) is 0.300. The van der Waals surface area contributed by atoms with E-state index >= 15 is 0 Å². The third-order valence-corrected chi connectivity index (χ3v) is 7.71. The summed E-state index contributed by atoms with van der Waals surface area (Å²) < 4.78 is 11.7. The van der Waals surface area contributed by atoms with Gasteiger partial charge in [-0.1, -0.05) is 42.0 Å². The van der Waals surface area contributed by atoms with Gasteiger partial charge in [-0.05, 0) is 61.3 Å². The molecule has 3 aromatic carbocycles. The van der Waals surface area contributed by atoms with Crippen molar-refractivity contribution in [1.82, 2.24) is 5.32 Å². The van der Waals surface area contributed by atoms with Crippen molar-refractivity contribution >= 4 is 35.4 Å². The molecule has 1 unspecified atom stereocenters. The van der Waals surface area contributed by atoms with Crippen molar-refractivity contribution in [3.63, 3.8) is 0 Å². The zero-order chi connectivity index (χ0) is 25.7. The zero-order valence-corrected chi connectivity index (χ0v) is 21.5. The average molecular weight is 494 g/mol. The van der Waals surface area contributed by atoms with Gasteiger partial charge in [0.25, 0.3) is 5.91 Å². The second-order valence-corrected chi connectivity index (χ2v) is 10.3. The molecule has 6 nitrogen and oxygen atoms in total. The van der Waals surface area contributed by atoms with Crippen LogP contribution in [0.2, 0.25) is 6.32 Å². The zero-order valence-electron chi connectivity index (χ0n) is 21.5. The van der Waals surface area contributed by atoms with Crippen LogP contribution in [0.5, 0.6) is 0 Å². The van der Waals surface area contributed by atoms with E-state index in [0.29, 0.717) is 35.8 Å². The van der Waals surface area contributed by atoms with Crippen LogP contribution in [0, 0.1) is 6.92 Å². The number of benzene rings is 3. The lowest BCUT2D eigenvalue weighted by atomic mass is 9.79. The van der Waals surface area contributed by atoms with E-state index in [1.165, 1.54) is 11.1 Å². The maximum Gasteiger partial charge on any atom is 0.454 e. The molecule has 4 aromatic rings. The van der Waals surface area contributed by atoms with Crippen LogP contribution in [0.25, 0.3) is 22.3 Å². The minimum absolute atomic E-state index is 0.145. The summed E-state index contributed by atoms with van der Waals surface area (Å²) in [6, 6.07) is 20.8. The molecule has 1 amide bonds. The van der Waals surface area contributed by atoms with E-state index in [0.717, 1.165) is 40.7 Å². The van der Waals surface area contributed by atoms with Crippen molar-refractivity contribution in [2.45, 2.75) is 37.9 Å². The Bertz CT molecular complexity index is 1460. The third kappa shape index (κ3) is 4.43. The molecule has 2 fully saturated rings. The van der Waals surface area contributed by atoms with Gasteiger partial charge < -0.3 is 24.3 Å². The molecule has 1 aliphatic carbocycles. The molecule has 2 N–H and O–H groups in total. The Morgan fingerprint density at radius 1 is 1.05 bits per heavy atom. The summed E-state index contributed by atoms with van der Waals surface area (Å²) in [6.45, 7) is 2.60. The topological polar surface area (TPSA) is 74.9 Å². The van der Waals surface area contributed by atoms with Gasteiger partial charge in [0.2, 0.25) is 0 Å². The molecular formula is C30H31BN2O4. The lowest BCUT2D eigenvalue weighted by Crippen LogP contribution is -2.18. The summed E-state index contributed by atoms with van der Waals surface area (Å²) in [5, 5.41) is 13.4. The SMILES string of the molecule is CNC(=O)c1c(-c2ccc(C)cc2)oc2cc(N(C)c3ccc(C4COB(O)C4)cc3)c(C3CC3)cc12. The van der Waals surface area contributed by atoms with E-state index in [2.05, 4.69) is 53.7 Å². The summed E-state index contributed by atoms with van der Waals surface area (Å²) in [7, 11) is 3.07. The predicted molar refractivity (Wildman–Crippen MR) is 148 cm³/mol. The van der Waals surface area contributed by atoms with Crippen molar-refractivity contribution < 1.29 is 18.9 Å². The number of carbonyl (C=O) groups is 1. The minimum Gasteiger partial charge on any atom is -0.455 e. The fourth-order valence-corrected chi connectivity index (χ4v) is 5.37. The predicted octanol–water partition coefficient (Wildman–Crippen LogP) is 6.01. The number of anilines is 2. The first kappa shape index (κ1) is 23.8. The molecule has 0 radical (unpaired) electrons. The maximum absolute atomic E-state index is 13.0. The molecule has 6 rings (SSSR count). The van der Waals surface area contributed by atoms with E-state index in [4.69, 9.17) is 9.07 Å². The van der Waals surface area contributed by atoms with E-state index in [1.807, 2.05) is 31.2 Å². The van der Waals surface area contributed by atoms with Gasteiger partial charge in [0.1, 0.15) is 11.3 Å². The molecule has 1 aromatic heterocycles. The maximum atomic E-state index is 13.0. The monoisotopic (exact) mass is 494 g/mol. The van der Waals surface area contributed by atoms with Crippen molar-refractivity contribution in [2.24, 2.45) is 0 Å². The number of fused-ring (bicyclic) bond motifs is 1. The summed E-state index contributed by atoms with van der Waals surface area (Å²) in [5.41, 5.74) is 7.92. The highest BCUT2D eigenvalue weighted by atomic mass is 16.5. The highest BCUT2D eigenvalue weighted by molar-refractivity contribution is 6.43. The normalized spacial score (nSPS) is 17.4. The molecule has 1 aliphatic heterocycles. The Balaban J connectivity index is 1.43. The van der Waals surface area contributed by atoms with Crippen LogP contribution in [0.15, 0.2) is 65.1 Å². The number of nitrogens with one attached hydrogen (secondary N) is 1. The third-order valence-electron chi connectivity index (χ3n) is 7.71. The number of aryl methyl sites for hydroxylation is 1. The van der Waals surface area contributed by atoms with Gasteiger partial charge >= 0.3 is 7.12 Å². The van der Waals surface area contributed by atoms with E-state index in [-0.39, 0.29) is 11.8 Å². The van der Waals surface area contributed by atoms with Gasteiger partial charge in [-0.2, -0.15) is 0 Å². The second kappa shape index (κ2) is 9.40. The molecule has 188 valence electrons. The molecule has 7 heteroatoms. The molecule has 0 spiro atoms. The number of rotatable bonds is 6. The molecule has 1 saturated heterocycles. The van der Waals surface area contributed by atoms with Crippen LogP contribution in [0.3, 0.4) is 0 Å². The van der Waals surface area contributed by atoms with Gasteiger partial charge in [-0.25, -0.2) is 0 Å². The largest absolute Gasteiger partial charge is 0.455 e. The van der Waals surface area contributed by atoms with Crippen molar-refractivity contribution in [2.75, 3.05) is 25.6 Å². The summed E-state index contributed by atoms with van der Waals surface area (Å²) in [5.74, 6) is 1.16. The van der Waals surface area contributed by atoms with Gasteiger partial charge in [-0.15, -0.1) is 0 Å². The highest BCUT2D eigenvalue weighted by Gasteiger charge is 2.32. The second-order valence-electron chi connectivity index (χ2n) is 10.3. The standard InChI is InChI=1S/C30H31BN2O4/c1-18-4-6-21(7-5-18)29-28(30(34)32-2)25-14-24(20-8-9-20)26(15-27(25)37-29)33(3)23-12-10-19(11-13-23)22-16-31(35)36-17-22/h4-7,10-15,20,22,35H,8-9,16-17H2,1-3H3,(H,32,34). The lowest BCUT2D eigenvalue weighted by Gasteiger charge is -2.23. The molecule has 1 atom stereocenters. The van der Waals surface area contributed by atoms with Crippen LogP contribution in [0.1, 0.15) is 51.7 Å². The lowest BCUT2D eigenvalue weighted by molar-refractivity contribution is 0.0964. The Morgan fingerprint density at radius 2 is 1.78 bits per heavy atom. The summed E-state index contributed by atoms with van der Waals surface area (Å²) in [6.07, 6.45) is 2.92. The van der Waals surface area contributed by atoms with E-state index in [9.17, 15) is 9.82 Å². The number of hydrogen-bond donors (Lipinski definition) is 2. The summed E-state index contributed by atoms with van der Waals surface area (Å²) in [4.78, 5) is 15.2. The van der Waals surface area contributed by atoms with Crippen LogP contribution in [-0.2, 0) is 4.65 Å². The Hall–Kier alpha value is -3.55. The van der Waals surface area contributed by atoms with Gasteiger partial charge in [0.15, 0.2) is 0 Å². The number of hydrogen-bond acceptors (Lipinski definition) is 5. The highest BCUT2D eigenvalue weighted by Crippen LogP contribution is 2.48. The molecule has 1 saturated carbocycles. The van der Waals surface area contributed by atoms with E-state index in [1.54, 1.807) is 7.05 Å². The van der Waals surface area contributed by atoms with Crippen molar-refractivity contribution in [3.8, 4) is 11.3 Å². The Morgan fingerprint density at radius 3 is 2.41 bits per heavy atom. The van der Waals surface area contributed by atoms with Gasteiger partial charge in [0.05, 0.1) is 5.56 Å². The first-order valence-electron chi connectivity index (χ1n) is 13.0. The van der Waals surface area contributed by atoms with E-state index < -0.39 is 7.12 Å². The van der Waals surface area contributed by atoms with Crippen LogP contribution >= 0.6 is 0 Å². The van der Waals surface area contributed by atoms with Crippen LogP contribution in [-0.4, -0.2) is 38.8 Å². The number of furan rings is 1. The number of carbonyl (C=O) groups excluding carboxylic acids is 1. The van der Waals surface area contributed by atoms with Crippen molar-refractivity contribution in [1.29, 1.82) is 0 Å². The van der Waals surface area contributed by atoms with Gasteiger partial charge in [0, 0.05) is 55.0 Å². The smallest absolute Gasteiger partial charge is 0.454 e. The first-order chi connectivity index (χ1) is 17.9. The summed E-state index contributed by atoms with van der Waals surface area (Å²) >= 11 is 0.